The first-order valence-electron chi connectivity index (χ1n) is 7.86. The maximum absolute atomic E-state index is 10.7. The zero-order valence-electron chi connectivity index (χ0n) is 14.0. The Morgan fingerprint density at radius 3 is 2.60 bits per heavy atom. The Kier molecular flexibility index (Phi) is 4.69. The van der Waals surface area contributed by atoms with Crippen LogP contribution in [0.1, 0.15) is 17.0 Å². The number of nitrogens with one attached hydrogen (secondary N) is 1. The molecule has 0 saturated carbocycles. The summed E-state index contributed by atoms with van der Waals surface area (Å²) in [6.07, 6.45) is 4.05. The van der Waals surface area contributed by atoms with E-state index in [1.165, 1.54) is 12.1 Å². The first kappa shape index (κ1) is 16.6. The number of nitro groups is 1. The zero-order chi connectivity index (χ0) is 17.8. The van der Waals surface area contributed by atoms with Crippen molar-refractivity contribution in [1.29, 1.82) is 0 Å². The Bertz CT molecular complexity index is 888. The summed E-state index contributed by atoms with van der Waals surface area (Å²) < 4.78 is 1.75. The molecule has 8 nitrogen and oxygen atoms in total. The van der Waals surface area contributed by atoms with E-state index in [0.29, 0.717) is 18.2 Å². The number of benzene rings is 1. The smallest absolute Gasteiger partial charge is 0.269 e. The van der Waals surface area contributed by atoms with E-state index in [1.54, 1.807) is 29.2 Å². The van der Waals surface area contributed by atoms with Gasteiger partial charge in [0.05, 0.1) is 23.0 Å². The van der Waals surface area contributed by atoms with Crippen LogP contribution in [-0.4, -0.2) is 31.2 Å². The third-order valence-electron chi connectivity index (χ3n) is 3.72. The Morgan fingerprint density at radius 1 is 1.20 bits per heavy atom. The van der Waals surface area contributed by atoms with Gasteiger partial charge < -0.3 is 5.32 Å². The van der Waals surface area contributed by atoms with Crippen molar-refractivity contribution in [1.82, 2.24) is 19.7 Å². The molecule has 2 heterocycles. The quantitative estimate of drug-likeness (QED) is 0.548. The molecule has 0 bridgehead atoms. The lowest BCUT2D eigenvalue weighted by Crippen LogP contribution is -2.09. The van der Waals surface area contributed by atoms with E-state index < -0.39 is 4.92 Å². The van der Waals surface area contributed by atoms with Gasteiger partial charge in [0.1, 0.15) is 5.82 Å². The van der Waals surface area contributed by atoms with E-state index in [0.717, 1.165) is 23.4 Å². The lowest BCUT2D eigenvalue weighted by molar-refractivity contribution is -0.384. The molecule has 0 amide bonds. The molecule has 0 saturated heterocycles. The van der Waals surface area contributed by atoms with E-state index >= 15 is 0 Å². The van der Waals surface area contributed by atoms with Crippen LogP contribution < -0.4 is 5.32 Å². The number of hydrogen-bond acceptors (Lipinski definition) is 6. The molecule has 25 heavy (non-hydrogen) atoms. The molecule has 0 aliphatic heterocycles. The predicted octanol–water partition coefficient (Wildman–Crippen LogP) is 2.84. The maximum Gasteiger partial charge on any atom is 0.269 e. The molecular formula is C17H18N6O2. The second kappa shape index (κ2) is 7.08. The van der Waals surface area contributed by atoms with Gasteiger partial charge in [0.25, 0.3) is 5.69 Å². The summed E-state index contributed by atoms with van der Waals surface area (Å²) in [5.74, 6) is 1.32. The molecular weight excluding hydrogens is 320 g/mol. The average Bonchev–Trinajstić information content (AvgIpc) is 2.94. The lowest BCUT2D eigenvalue weighted by Gasteiger charge is -2.08. The first-order valence-corrected chi connectivity index (χ1v) is 7.86. The van der Waals surface area contributed by atoms with Gasteiger partial charge in [0.2, 0.25) is 0 Å². The van der Waals surface area contributed by atoms with E-state index in [9.17, 15) is 10.1 Å². The molecule has 3 rings (SSSR count). The predicted molar refractivity (Wildman–Crippen MR) is 93.9 cm³/mol. The van der Waals surface area contributed by atoms with Crippen LogP contribution in [0.4, 0.5) is 11.5 Å². The summed E-state index contributed by atoms with van der Waals surface area (Å²) >= 11 is 0. The highest BCUT2D eigenvalue weighted by atomic mass is 16.6. The maximum atomic E-state index is 10.7. The highest BCUT2D eigenvalue weighted by molar-refractivity contribution is 5.37. The van der Waals surface area contributed by atoms with Crippen molar-refractivity contribution in [3.8, 4) is 5.82 Å². The molecule has 3 aromatic rings. The van der Waals surface area contributed by atoms with Gasteiger partial charge in [-0.15, -0.1) is 0 Å². The van der Waals surface area contributed by atoms with Crippen molar-refractivity contribution >= 4 is 11.5 Å². The van der Waals surface area contributed by atoms with Crippen LogP contribution in [0.3, 0.4) is 0 Å². The van der Waals surface area contributed by atoms with E-state index in [-0.39, 0.29) is 5.69 Å². The topological polar surface area (TPSA) is 98.8 Å². The second-order valence-corrected chi connectivity index (χ2v) is 5.70. The normalized spacial score (nSPS) is 10.6. The summed E-state index contributed by atoms with van der Waals surface area (Å²) in [5.41, 5.74) is 3.03. The number of aromatic nitrogens is 4. The van der Waals surface area contributed by atoms with Crippen LogP contribution in [0.5, 0.6) is 0 Å². The zero-order valence-corrected chi connectivity index (χ0v) is 14.0. The van der Waals surface area contributed by atoms with Crippen molar-refractivity contribution in [3.05, 3.63) is 69.8 Å². The van der Waals surface area contributed by atoms with Crippen LogP contribution in [0.25, 0.3) is 5.82 Å². The lowest BCUT2D eigenvalue weighted by atomic mass is 10.1. The molecule has 1 N–H and O–H groups in total. The highest BCUT2D eigenvalue weighted by Gasteiger charge is 2.07. The molecule has 0 atom stereocenters. The monoisotopic (exact) mass is 338 g/mol. The Hall–Kier alpha value is -3.29. The SMILES string of the molecule is Cc1cc(C)n(-c2cncc(NCCc3ccc([N+](=O)[O-])cc3)n2)n1. The number of hydrogen-bond donors (Lipinski definition) is 1. The highest BCUT2D eigenvalue weighted by Crippen LogP contribution is 2.13. The largest absolute Gasteiger partial charge is 0.368 e. The van der Waals surface area contributed by atoms with Gasteiger partial charge in [0, 0.05) is 24.4 Å². The second-order valence-electron chi connectivity index (χ2n) is 5.70. The fourth-order valence-electron chi connectivity index (χ4n) is 2.52. The van der Waals surface area contributed by atoms with Crippen molar-refractivity contribution in [2.75, 3.05) is 11.9 Å². The van der Waals surface area contributed by atoms with Gasteiger partial charge in [-0.25, -0.2) is 9.67 Å². The van der Waals surface area contributed by atoms with Crippen molar-refractivity contribution < 1.29 is 4.92 Å². The Balaban J connectivity index is 1.63. The van der Waals surface area contributed by atoms with Gasteiger partial charge >= 0.3 is 0 Å². The fourth-order valence-corrected chi connectivity index (χ4v) is 2.52. The van der Waals surface area contributed by atoms with Crippen molar-refractivity contribution in [2.45, 2.75) is 20.3 Å². The fraction of sp³-hybridized carbons (Fsp3) is 0.235. The van der Waals surface area contributed by atoms with Crippen LogP contribution in [0.15, 0.2) is 42.7 Å². The van der Waals surface area contributed by atoms with Crippen LogP contribution >= 0.6 is 0 Å². The number of rotatable bonds is 6. The van der Waals surface area contributed by atoms with Gasteiger partial charge in [-0.3, -0.25) is 15.1 Å². The number of non-ortho nitro benzene ring substituents is 1. The van der Waals surface area contributed by atoms with Crippen molar-refractivity contribution in [3.63, 3.8) is 0 Å². The van der Waals surface area contributed by atoms with Crippen LogP contribution in [0.2, 0.25) is 0 Å². The van der Waals surface area contributed by atoms with Gasteiger partial charge in [-0.05, 0) is 31.9 Å². The molecule has 0 radical (unpaired) electrons. The molecule has 2 aromatic heterocycles. The summed E-state index contributed by atoms with van der Waals surface area (Å²) in [4.78, 5) is 19.0. The van der Waals surface area contributed by atoms with E-state index in [4.69, 9.17) is 0 Å². The molecule has 128 valence electrons. The molecule has 0 aliphatic rings. The molecule has 1 aromatic carbocycles. The Labute approximate surface area is 144 Å². The third kappa shape index (κ3) is 3.97. The number of anilines is 1. The first-order chi connectivity index (χ1) is 12.0. The van der Waals surface area contributed by atoms with Gasteiger partial charge in [-0.1, -0.05) is 12.1 Å². The minimum Gasteiger partial charge on any atom is -0.368 e. The average molecular weight is 338 g/mol. The molecule has 0 fully saturated rings. The molecule has 8 heteroatoms. The third-order valence-corrected chi connectivity index (χ3v) is 3.72. The molecule has 0 spiro atoms. The van der Waals surface area contributed by atoms with Gasteiger partial charge in [0.15, 0.2) is 5.82 Å². The summed E-state index contributed by atoms with van der Waals surface area (Å²) in [6, 6.07) is 8.53. The van der Waals surface area contributed by atoms with Gasteiger partial charge in [-0.2, -0.15) is 5.10 Å². The standard InChI is InChI=1S/C17H18N6O2/c1-12-9-13(2)22(21-12)17-11-18-10-16(20-17)19-8-7-14-3-5-15(6-4-14)23(24)25/h3-6,9-11H,7-8H2,1-2H3,(H,19,20). The number of nitro benzene ring substituents is 1. The van der Waals surface area contributed by atoms with E-state index in [1.807, 2.05) is 19.9 Å². The molecule has 0 unspecified atom stereocenters. The summed E-state index contributed by atoms with van der Waals surface area (Å²) in [7, 11) is 0. The minimum absolute atomic E-state index is 0.0974. The van der Waals surface area contributed by atoms with E-state index in [2.05, 4.69) is 20.4 Å². The number of nitrogens with zero attached hydrogens (tertiary/aromatic N) is 5. The van der Waals surface area contributed by atoms with Crippen LogP contribution in [0, 0.1) is 24.0 Å². The number of aryl methyl sites for hydroxylation is 2. The van der Waals surface area contributed by atoms with Crippen LogP contribution in [-0.2, 0) is 6.42 Å². The summed E-state index contributed by atoms with van der Waals surface area (Å²) in [5, 5.41) is 18.3. The van der Waals surface area contributed by atoms with Crippen molar-refractivity contribution in [2.24, 2.45) is 0 Å². The Morgan fingerprint density at radius 2 is 1.96 bits per heavy atom. The minimum atomic E-state index is -0.401. The summed E-state index contributed by atoms with van der Waals surface area (Å²) in [6.45, 7) is 4.55. The molecule has 0 aliphatic carbocycles.